The maximum absolute atomic E-state index is 13.4. The van der Waals surface area contributed by atoms with Gasteiger partial charge in [0.1, 0.15) is 11.9 Å². The predicted molar refractivity (Wildman–Crippen MR) is 61.9 cm³/mol. The third-order valence-electron chi connectivity index (χ3n) is 2.55. The number of aliphatic hydroxyl groups is 1. The van der Waals surface area contributed by atoms with Crippen LogP contribution in [0.25, 0.3) is 0 Å². The molecule has 102 valence electrons. The highest BCUT2D eigenvalue weighted by atomic mass is 79.9. The Morgan fingerprint density at radius 3 is 2.37 bits per heavy atom. The van der Waals surface area contributed by atoms with Gasteiger partial charge >= 0.3 is 6.18 Å². The smallest absolute Gasteiger partial charge is 0.419 e. The summed E-state index contributed by atoms with van der Waals surface area (Å²) >= 11 is 3.03. The second-order valence-corrected chi connectivity index (χ2v) is 4.51. The van der Waals surface area contributed by atoms with Crippen LogP contribution in [0.4, 0.5) is 17.6 Å². The van der Waals surface area contributed by atoms with Crippen molar-refractivity contribution in [2.75, 3.05) is 0 Å². The Hall–Kier alpha value is -1.34. The first-order chi connectivity index (χ1) is 8.80. The fraction of sp³-hybridized carbons (Fsp3) is 0.167. The molecule has 1 N–H and O–H groups in total. The maximum atomic E-state index is 13.4. The van der Waals surface area contributed by atoms with Crippen molar-refractivity contribution in [3.05, 3.63) is 57.7 Å². The molecule has 1 unspecified atom stereocenters. The third kappa shape index (κ3) is 2.82. The van der Waals surface area contributed by atoms with Gasteiger partial charge in [-0.2, -0.15) is 13.2 Å². The minimum absolute atomic E-state index is 0.00704. The average molecular weight is 339 g/mol. The number of furan rings is 1. The van der Waals surface area contributed by atoms with Crippen LogP contribution >= 0.6 is 15.9 Å². The van der Waals surface area contributed by atoms with Crippen molar-refractivity contribution in [2.24, 2.45) is 0 Å². The first-order valence-electron chi connectivity index (χ1n) is 5.08. The van der Waals surface area contributed by atoms with Crippen molar-refractivity contribution in [3.8, 4) is 0 Å². The van der Waals surface area contributed by atoms with E-state index in [1.807, 2.05) is 0 Å². The van der Waals surface area contributed by atoms with Gasteiger partial charge in [0.25, 0.3) is 0 Å². The topological polar surface area (TPSA) is 33.4 Å². The normalized spacial score (nSPS) is 13.6. The molecule has 19 heavy (non-hydrogen) atoms. The summed E-state index contributed by atoms with van der Waals surface area (Å²) in [6, 6.07) is 3.72. The van der Waals surface area contributed by atoms with E-state index in [0.717, 1.165) is 6.07 Å². The summed E-state index contributed by atoms with van der Waals surface area (Å²) in [5.41, 5.74) is -1.05. The highest BCUT2D eigenvalue weighted by Crippen LogP contribution is 2.34. The molecule has 1 heterocycles. The van der Waals surface area contributed by atoms with Crippen molar-refractivity contribution >= 4 is 15.9 Å². The quantitative estimate of drug-likeness (QED) is 0.829. The van der Waals surface area contributed by atoms with Gasteiger partial charge in [0.15, 0.2) is 4.67 Å². The van der Waals surface area contributed by atoms with Crippen LogP contribution in [0, 0.1) is 5.82 Å². The van der Waals surface area contributed by atoms with Gasteiger partial charge in [-0.3, -0.25) is 0 Å². The Morgan fingerprint density at radius 2 is 1.89 bits per heavy atom. The second-order valence-electron chi connectivity index (χ2n) is 3.79. The largest absolute Gasteiger partial charge is 0.457 e. The van der Waals surface area contributed by atoms with Crippen LogP contribution in [-0.2, 0) is 6.18 Å². The van der Waals surface area contributed by atoms with Crippen LogP contribution in [0.3, 0.4) is 0 Å². The number of hydrogen-bond acceptors (Lipinski definition) is 2. The zero-order valence-electron chi connectivity index (χ0n) is 9.21. The lowest BCUT2D eigenvalue weighted by Gasteiger charge is -2.13. The monoisotopic (exact) mass is 338 g/mol. The van der Waals surface area contributed by atoms with Crippen molar-refractivity contribution in [2.45, 2.75) is 12.3 Å². The van der Waals surface area contributed by atoms with Crippen molar-refractivity contribution in [3.63, 3.8) is 0 Å². The van der Waals surface area contributed by atoms with Crippen LogP contribution in [0.1, 0.15) is 22.8 Å². The molecule has 2 rings (SSSR count). The number of alkyl halides is 3. The van der Waals surface area contributed by atoms with E-state index >= 15 is 0 Å². The molecule has 0 aliphatic carbocycles. The Bertz CT molecular complexity index is 592. The van der Waals surface area contributed by atoms with Crippen LogP contribution < -0.4 is 0 Å². The molecule has 0 saturated heterocycles. The van der Waals surface area contributed by atoms with E-state index in [1.54, 1.807) is 0 Å². The third-order valence-corrected chi connectivity index (χ3v) is 3.20. The van der Waals surface area contributed by atoms with E-state index in [9.17, 15) is 22.7 Å². The number of benzene rings is 1. The highest BCUT2D eigenvalue weighted by Gasteiger charge is 2.34. The zero-order chi connectivity index (χ0) is 14.2. The van der Waals surface area contributed by atoms with Gasteiger partial charge in [-0.25, -0.2) is 4.39 Å². The molecular formula is C12H7BrF4O2. The van der Waals surface area contributed by atoms with E-state index in [0.29, 0.717) is 17.7 Å². The highest BCUT2D eigenvalue weighted by molar-refractivity contribution is 9.10. The number of halogens is 5. The van der Waals surface area contributed by atoms with Gasteiger partial charge < -0.3 is 9.52 Å². The molecule has 7 heteroatoms. The van der Waals surface area contributed by atoms with Gasteiger partial charge in [0.2, 0.25) is 0 Å². The molecule has 1 atom stereocenters. The molecule has 0 spiro atoms. The first-order valence-corrected chi connectivity index (χ1v) is 5.87. The Balaban J connectivity index is 2.38. The van der Waals surface area contributed by atoms with Crippen LogP contribution in [0.5, 0.6) is 0 Å². The van der Waals surface area contributed by atoms with E-state index < -0.39 is 23.7 Å². The summed E-state index contributed by atoms with van der Waals surface area (Å²) < 4.78 is 55.7. The minimum atomic E-state index is -4.76. The van der Waals surface area contributed by atoms with E-state index in [-0.39, 0.29) is 10.2 Å². The van der Waals surface area contributed by atoms with Gasteiger partial charge in [0.05, 0.1) is 11.8 Å². The lowest BCUT2D eigenvalue weighted by molar-refractivity contribution is -0.140. The van der Waals surface area contributed by atoms with Gasteiger partial charge in [-0.05, 0) is 39.7 Å². The average Bonchev–Trinajstić information content (AvgIpc) is 2.72. The van der Waals surface area contributed by atoms with Gasteiger partial charge in [-0.15, -0.1) is 0 Å². The molecule has 0 bridgehead atoms. The fourth-order valence-corrected chi connectivity index (χ4v) is 2.07. The zero-order valence-corrected chi connectivity index (χ0v) is 10.8. The standard InChI is InChI=1S/C12H7BrF4O2/c13-11-7(3-4-19-11)10(18)6-1-2-8(9(14)5-6)12(15,16)17/h1-5,10,18H. The molecule has 1 aromatic heterocycles. The van der Waals surface area contributed by atoms with Crippen molar-refractivity contribution < 1.29 is 27.1 Å². The minimum Gasteiger partial charge on any atom is -0.457 e. The molecule has 0 radical (unpaired) electrons. The van der Waals surface area contributed by atoms with Crippen molar-refractivity contribution in [1.29, 1.82) is 0 Å². The molecular weight excluding hydrogens is 332 g/mol. The molecule has 0 amide bonds. The summed E-state index contributed by atoms with van der Waals surface area (Å²) in [6.07, 6.45) is -4.74. The number of aliphatic hydroxyl groups excluding tert-OH is 1. The Labute approximate surface area is 113 Å². The molecule has 0 saturated carbocycles. The SMILES string of the molecule is OC(c1ccc(C(F)(F)F)c(F)c1)c1ccoc1Br. The molecule has 0 aliphatic rings. The lowest BCUT2D eigenvalue weighted by Crippen LogP contribution is -2.09. The number of rotatable bonds is 2. The van der Waals surface area contributed by atoms with E-state index in [4.69, 9.17) is 4.42 Å². The van der Waals surface area contributed by atoms with Crippen LogP contribution in [-0.4, -0.2) is 5.11 Å². The maximum Gasteiger partial charge on any atom is 0.419 e. The molecule has 2 aromatic rings. The summed E-state index contributed by atoms with van der Waals surface area (Å²) in [5.74, 6) is -1.43. The lowest BCUT2D eigenvalue weighted by atomic mass is 10.0. The summed E-state index contributed by atoms with van der Waals surface area (Å²) in [5, 5.41) is 9.94. The van der Waals surface area contributed by atoms with Crippen LogP contribution in [0.2, 0.25) is 0 Å². The van der Waals surface area contributed by atoms with Crippen LogP contribution in [0.15, 0.2) is 39.6 Å². The molecule has 0 aliphatic heterocycles. The Kier molecular flexibility index (Phi) is 3.69. The molecule has 0 fully saturated rings. The van der Waals surface area contributed by atoms with Crippen molar-refractivity contribution in [1.82, 2.24) is 0 Å². The predicted octanol–water partition coefficient (Wildman–Crippen LogP) is 4.28. The van der Waals surface area contributed by atoms with E-state index in [1.165, 1.54) is 12.3 Å². The van der Waals surface area contributed by atoms with Gasteiger partial charge in [0, 0.05) is 5.56 Å². The summed E-state index contributed by atoms with van der Waals surface area (Å²) in [4.78, 5) is 0. The second kappa shape index (κ2) is 4.97. The summed E-state index contributed by atoms with van der Waals surface area (Å²) in [7, 11) is 0. The fourth-order valence-electron chi connectivity index (χ4n) is 1.61. The first kappa shape index (κ1) is 14.1. The van der Waals surface area contributed by atoms with E-state index in [2.05, 4.69) is 15.9 Å². The number of hydrogen-bond donors (Lipinski definition) is 1. The Morgan fingerprint density at radius 1 is 1.21 bits per heavy atom. The summed E-state index contributed by atoms with van der Waals surface area (Å²) in [6.45, 7) is 0. The molecule has 2 nitrogen and oxygen atoms in total. The molecule has 1 aromatic carbocycles. The van der Waals surface area contributed by atoms with Gasteiger partial charge in [-0.1, -0.05) is 6.07 Å².